The molecule has 138 valence electrons. The fourth-order valence-electron chi connectivity index (χ4n) is 3.90. The van der Waals surface area contributed by atoms with Gasteiger partial charge in [-0.15, -0.1) is 11.3 Å². The van der Waals surface area contributed by atoms with Crippen molar-refractivity contribution in [2.24, 2.45) is 5.92 Å². The molecule has 2 N–H and O–H groups in total. The van der Waals surface area contributed by atoms with E-state index < -0.39 is 0 Å². The van der Waals surface area contributed by atoms with Gasteiger partial charge in [0, 0.05) is 40.0 Å². The summed E-state index contributed by atoms with van der Waals surface area (Å²) in [5.41, 5.74) is 3.09. The van der Waals surface area contributed by atoms with Gasteiger partial charge in [-0.25, -0.2) is 4.98 Å². The number of nitrogens with one attached hydrogen (secondary N) is 2. The average molecular weight is 379 g/mol. The zero-order valence-electron chi connectivity index (χ0n) is 15.3. The van der Waals surface area contributed by atoms with Gasteiger partial charge in [0.15, 0.2) is 5.78 Å². The number of hydrogen-bond acceptors (Lipinski definition) is 5. The summed E-state index contributed by atoms with van der Waals surface area (Å²) in [6.07, 6.45) is 2.99. The molecule has 2 aliphatic rings. The van der Waals surface area contributed by atoms with E-state index in [0.29, 0.717) is 23.7 Å². The first-order chi connectivity index (χ1) is 13.0. The number of aromatic nitrogens is 1. The van der Waals surface area contributed by atoms with E-state index in [9.17, 15) is 9.59 Å². The van der Waals surface area contributed by atoms with Gasteiger partial charge in [-0.05, 0) is 42.8 Å². The number of carbonyl (C=O) groups excluding carboxylic acids is 2. The summed E-state index contributed by atoms with van der Waals surface area (Å²) in [5, 5.41) is 8.21. The highest BCUT2D eigenvalue weighted by Gasteiger charge is 2.40. The highest BCUT2D eigenvalue weighted by molar-refractivity contribution is 7.10. The van der Waals surface area contributed by atoms with E-state index >= 15 is 0 Å². The fraction of sp³-hybridized carbons (Fsp3) is 0.286. The number of anilines is 1. The summed E-state index contributed by atoms with van der Waals surface area (Å²) in [6.45, 7) is 3.99. The molecule has 0 spiro atoms. The molecule has 1 amide bonds. The van der Waals surface area contributed by atoms with Crippen molar-refractivity contribution in [2.75, 3.05) is 5.32 Å². The van der Waals surface area contributed by atoms with Gasteiger partial charge in [-0.2, -0.15) is 0 Å². The van der Waals surface area contributed by atoms with Crippen molar-refractivity contribution < 1.29 is 9.59 Å². The van der Waals surface area contributed by atoms with Crippen molar-refractivity contribution in [3.8, 4) is 0 Å². The zero-order chi connectivity index (χ0) is 19.0. The molecule has 0 bridgehead atoms. The van der Waals surface area contributed by atoms with E-state index in [-0.39, 0.29) is 17.6 Å². The number of hydrogen-bond donors (Lipinski definition) is 2. The number of amides is 1. The maximum Gasteiger partial charge on any atom is 0.255 e. The highest BCUT2D eigenvalue weighted by atomic mass is 32.1. The van der Waals surface area contributed by atoms with Crippen LogP contribution in [0.1, 0.15) is 37.5 Å². The summed E-state index contributed by atoms with van der Waals surface area (Å²) in [4.78, 5) is 31.3. The molecule has 2 aromatic heterocycles. The van der Waals surface area contributed by atoms with E-state index in [1.807, 2.05) is 30.5 Å². The summed E-state index contributed by atoms with van der Waals surface area (Å²) in [7, 11) is 0. The standard InChI is InChI=1S/C21H21N3O2S/c1-12-10-14-19(15(25)11-12)20(16-6-5-9-27-16)18(13(2)23-14)21(26)24-17-7-3-4-8-22-17/h3-9,12,20,23H,10-11H2,1-2H3,(H,22,24,26)/t12-,20-/m1/s1. The van der Waals surface area contributed by atoms with Crippen LogP contribution in [-0.2, 0) is 9.59 Å². The lowest BCUT2D eigenvalue weighted by molar-refractivity contribution is -0.117. The minimum absolute atomic E-state index is 0.130. The second-order valence-electron chi connectivity index (χ2n) is 7.11. The van der Waals surface area contributed by atoms with Crippen molar-refractivity contribution in [3.05, 3.63) is 69.3 Å². The Kier molecular flexibility index (Phi) is 4.66. The van der Waals surface area contributed by atoms with Crippen molar-refractivity contribution in [1.82, 2.24) is 10.3 Å². The monoisotopic (exact) mass is 379 g/mol. The number of allylic oxidation sites excluding steroid dienone is 3. The van der Waals surface area contributed by atoms with Crippen LogP contribution in [-0.4, -0.2) is 16.7 Å². The second kappa shape index (κ2) is 7.12. The molecular formula is C21H21N3O2S. The third-order valence-electron chi connectivity index (χ3n) is 5.01. The van der Waals surface area contributed by atoms with Crippen LogP contribution in [0.2, 0.25) is 0 Å². The molecule has 0 fully saturated rings. The van der Waals surface area contributed by atoms with E-state index in [4.69, 9.17) is 0 Å². The molecule has 0 unspecified atom stereocenters. The molecule has 1 aliphatic heterocycles. The Balaban J connectivity index is 1.77. The van der Waals surface area contributed by atoms with E-state index in [1.165, 1.54) is 0 Å². The number of ketones is 1. The van der Waals surface area contributed by atoms with E-state index in [2.05, 4.69) is 22.5 Å². The predicted molar refractivity (Wildman–Crippen MR) is 106 cm³/mol. The minimum Gasteiger partial charge on any atom is -0.362 e. The minimum atomic E-state index is -0.329. The third-order valence-corrected chi connectivity index (χ3v) is 5.95. The molecular weight excluding hydrogens is 358 g/mol. The normalized spacial score (nSPS) is 22.4. The summed E-state index contributed by atoms with van der Waals surface area (Å²) < 4.78 is 0. The molecule has 2 aromatic rings. The van der Waals surface area contributed by atoms with Gasteiger partial charge < -0.3 is 10.6 Å². The maximum atomic E-state index is 13.2. The maximum absolute atomic E-state index is 13.2. The largest absolute Gasteiger partial charge is 0.362 e. The van der Waals surface area contributed by atoms with Crippen LogP contribution in [0.3, 0.4) is 0 Å². The molecule has 27 heavy (non-hydrogen) atoms. The molecule has 4 rings (SSSR count). The molecule has 0 saturated heterocycles. The van der Waals surface area contributed by atoms with Gasteiger partial charge >= 0.3 is 0 Å². The van der Waals surface area contributed by atoms with Gasteiger partial charge in [-0.3, -0.25) is 9.59 Å². The molecule has 6 heteroatoms. The topological polar surface area (TPSA) is 71.1 Å². The van der Waals surface area contributed by atoms with Crippen LogP contribution in [0.25, 0.3) is 0 Å². The van der Waals surface area contributed by atoms with E-state index in [0.717, 1.165) is 28.3 Å². The highest BCUT2D eigenvalue weighted by Crippen LogP contribution is 2.44. The van der Waals surface area contributed by atoms with Crippen molar-refractivity contribution in [2.45, 2.75) is 32.6 Å². The number of dihydropyridines is 1. The van der Waals surface area contributed by atoms with Crippen LogP contribution in [0.15, 0.2) is 64.4 Å². The van der Waals surface area contributed by atoms with Crippen LogP contribution >= 0.6 is 11.3 Å². The van der Waals surface area contributed by atoms with Gasteiger partial charge in [-0.1, -0.05) is 19.1 Å². The lowest BCUT2D eigenvalue weighted by Crippen LogP contribution is -2.36. The Morgan fingerprint density at radius 3 is 2.81 bits per heavy atom. The predicted octanol–water partition coefficient (Wildman–Crippen LogP) is 4.00. The number of Topliss-reactive ketones (excluding diaryl/α,β-unsaturated/α-hetero) is 1. The average Bonchev–Trinajstić information content (AvgIpc) is 3.15. The SMILES string of the molecule is CC1=C(C(=O)Nc2ccccn2)[C@@H](c2cccs2)C2=C(C[C@@H](C)CC2=O)N1. The second-order valence-corrected chi connectivity index (χ2v) is 8.09. The van der Waals surface area contributed by atoms with Gasteiger partial charge in [0.1, 0.15) is 5.82 Å². The number of pyridine rings is 1. The number of carbonyl (C=O) groups is 2. The van der Waals surface area contributed by atoms with Crippen LogP contribution in [0, 0.1) is 5.92 Å². The summed E-state index contributed by atoms with van der Waals surface area (Å²) >= 11 is 1.57. The lowest BCUT2D eigenvalue weighted by atomic mass is 9.75. The Hall–Kier alpha value is -2.73. The molecule has 5 nitrogen and oxygen atoms in total. The Morgan fingerprint density at radius 1 is 1.26 bits per heavy atom. The Morgan fingerprint density at radius 2 is 2.11 bits per heavy atom. The summed E-state index contributed by atoms with van der Waals surface area (Å²) in [6, 6.07) is 9.34. The lowest BCUT2D eigenvalue weighted by Gasteiger charge is -2.35. The van der Waals surface area contributed by atoms with Crippen LogP contribution in [0.5, 0.6) is 0 Å². The Bertz CT molecular complexity index is 945. The number of nitrogens with zero attached hydrogens (tertiary/aromatic N) is 1. The fourth-order valence-corrected chi connectivity index (χ4v) is 4.74. The van der Waals surface area contributed by atoms with Gasteiger partial charge in [0.2, 0.25) is 0 Å². The Labute approximate surface area is 162 Å². The van der Waals surface area contributed by atoms with Crippen molar-refractivity contribution in [3.63, 3.8) is 0 Å². The van der Waals surface area contributed by atoms with Crippen LogP contribution in [0.4, 0.5) is 5.82 Å². The first kappa shape index (κ1) is 17.7. The summed E-state index contributed by atoms with van der Waals surface area (Å²) in [5.74, 6) is 0.380. The molecule has 1 aliphatic carbocycles. The van der Waals surface area contributed by atoms with Crippen molar-refractivity contribution >= 4 is 28.8 Å². The van der Waals surface area contributed by atoms with Gasteiger partial charge in [0.05, 0.1) is 5.92 Å². The molecule has 0 saturated carbocycles. The molecule has 2 atom stereocenters. The zero-order valence-corrected chi connectivity index (χ0v) is 16.1. The first-order valence-electron chi connectivity index (χ1n) is 9.04. The first-order valence-corrected chi connectivity index (χ1v) is 9.92. The molecule has 0 aromatic carbocycles. The number of thiophene rings is 1. The quantitative estimate of drug-likeness (QED) is 0.846. The van der Waals surface area contributed by atoms with Crippen LogP contribution < -0.4 is 10.6 Å². The smallest absolute Gasteiger partial charge is 0.255 e. The third kappa shape index (κ3) is 3.32. The van der Waals surface area contributed by atoms with Crippen molar-refractivity contribution in [1.29, 1.82) is 0 Å². The van der Waals surface area contributed by atoms with E-state index in [1.54, 1.807) is 29.7 Å². The molecule has 0 radical (unpaired) electrons. The van der Waals surface area contributed by atoms with Gasteiger partial charge in [0.25, 0.3) is 5.91 Å². The molecule has 3 heterocycles. The number of rotatable bonds is 3.